The zero-order valence-corrected chi connectivity index (χ0v) is 18.9. The molecule has 1 saturated heterocycles. The minimum Gasteiger partial charge on any atom is -0.487 e. The summed E-state index contributed by atoms with van der Waals surface area (Å²) in [5.74, 6) is 0.783. The van der Waals surface area contributed by atoms with Gasteiger partial charge in [-0.2, -0.15) is 0 Å². The van der Waals surface area contributed by atoms with Crippen LogP contribution in [0, 0.1) is 6.92 Å². The Labute approximate surface area is 191 Å². The topological polar surface area (TPSA) is 45.7 Å². The first kappa shape index (κ1) is 21.4. The first-order valence-corrected chi connectivity index (χ1v) is 11.4. The fourth-order valence-electron chi connectivity index (χ4n) is 3.47. The third-order valence-electron chi connectivity index (χ3n) is 5.09. The molecular weight excluding hydrogens is 430 g/mol. The van der Waals surface area contributed by atoms with Crippen molar-refractivity contribution in [1.29, 1.82) is 0 Å². The summed E-state index contributed by atoms with van der Waals surface area (Å²) < 4.78 is 5.83. The van der Waals surface area contributed by atoms with E-state index in [-0.39, 0.29) is 5.91 Å². The molecule has 0 N–H and O–H groups in total. The van der Waals surface area contributed by atoms with Crippen LogP contribution in [0.2, 0.25) is 5.02 Å². The number of piperazine rings is 1. The smallest absolute Gasteiger partial charge is 0.246 e. The van der Waals surface area contributed by atoms with Gasteiger partial charge in [0, 0.05) is 48.3 Å². The van der Waals surface area contributed by atoms with Crippen LogP contribution in [0.3, 0.4) is 0 Å². The number of ether oxygens (including phenoxy) is 1. The van der Waals surface area contributed by atoms with Gasteiger partial charge in [0.15, 0.2) is 0 Å². The van der Waals surface area contributed by atoms with Crippen molar-refractivity contribution in [2.45, 2.75) is 13.5 Å². The van der Waals surface area contributed by atoms with E-state index in [1.807, 2.05) is 71.8 Å². The van der Waals surface area contributed by atoms with E-state index in [2.05, 4.69) is 9.88 Å². The normalized spacial score (nSPS) is 14.3. The molecule has 0 atom stereocenters. The van der Waals surface area contributed by atoms with Crippen molar-refractivity contribution in [1.82, 2.24) is 9.88 Å². The number of hydrogen-bond acceptors (Lipinski definition) is 5. The van der Waals surface area contributed by atoms with E-state index in [4.69, 9.17) is 16.3 Å². The van der Waals surface area contributed by atoms with E-state index in [0.717, 1.165) is 45.8 Å². The van der Waals surface area contributed by atoms with Gasteiger partial charge in [-0.05, 0) is 48.9 Å². The van der Waals surface area contributed by atoms with Crippen LogP contribution in [0.5, 0.6) is 5.75 Å². The van der Waals surface area contributed by atoms with Crippen LogP contribution < -0.4 is 9.64 Å². The molecule has 5 nitrogen and oxygen atoms in total. The number of thiazole rings is 1. The van der Waals surface area contributed by atoms with E-state index in [9.17, 15) is 4.79 Å². The fourth-order valence-corrected chi connectivity index (χ4v) is 4.25. The van der Waals surface area contributed by atoms with Crippen LogP contribution in [0.1, 0.15) is 16.3 Å². The molecule has 0 radical (unpaired) electrons. The number of aryl methyl sites for hydroxylation is 1. The summed E-state index contributed by atoms with van der Waals surface area (Å²) in [7, 11) is 0. The van der Waals surface area contributed by atoms with E-state index in [0.29, 0.717) is 19.7 Å². The third-order valence-corrected chi connectivity index (χ3v) is 6.15. The molecule has 0 unspecified atom stereocenters. The van der Waals surface area contributed by atoms with Crippen molar-refractivity contribution in [3.8, 4) is 5.75 Å². The SMILES string of the molecule is Cc1nc(COc2cccc(/C=C/C(=O)N3CCN(c4cccc(Cl)c4)CC3)c2)cs1. The molecule has 1 aliphatic rings. The number of halogens is 1. The second kappa shape index (κ2) is 9.98. The molecule has 1 fully saturated rings. The summed E-state index contributed by atoms with van der Waals surface area (Å²) in [6, 6.07) is 15.6. The van der Waals surface area contributed by atoms with E-state index >= 15 is 0 Å². The molecule has 7 heteroatoms. The van der Waals surface area contributed by atoms with E-state index in [1.54, 1.807) is 17.4 Å². The standard InChI is InChI=1S/C24H24ClN3O2S/c1-18-26-21(17-31-18)16-30-23-7-2-4-19(14-23)8-9-24(29)28-12-10-27(11-13-28)22-6-3-5-20(25)15-22/h2-9,14-15,17H,10-13,16H2,1H3/b9-8+. The van der Waals surface area contributed by atoms with E-state index in [1.165, 1.54) is 0 Å². The maximum Gasteiger partial charge on any atom is 0.246 e. The largest absolute Gasteiger partial charge is 0.487 e. The predicted molar refractivity (Wildman–Crippen MR) is 127 cm³/mol. The Morgan fingerprint density at radius 3 is 2.71 bits per heavy atom. The van der Waals surface area contributed by atoms with Gasteiger partial charge in [-0.25, -0.2) is 4.98 Å². The summed E-state index contributed by atoms with van der Waals surface area (Å²) in [6.07, 6.45) is 3.48. The minimum atomic E-state index is 0.0232. The summed E-state index contributed by atoms with van der Waals surface area (Å²) in [5, 5.41) is 3.76. The summed E-state index contributed by atoms with van der Waals surface area (Å²) >= 11 is 7.71. The summed E-state index contributed by atoms with van der Waals surface area (Å²) in [5.41, 5.74) is 2.95. The number of rotatable bonds is 6. The quantitative estimate of drug-likeness (QED) is 0.490. The average molecular weight is 454 g/mol. The molecule has 0 saturated carbocycles. The predicted octanol–water partition coefficient (Wildman–Crippen LogP) is 5.05. The molecule has 1 amide bonds. The number of anilines is 1. The molecule has 4 rings (SSSR count). The molecule has 3 aromatic rings. The zero-order valence-electron chi connectivity index (χ0n) is 17.3. The molecule has 1 aliphatic heterocycles. The Balaban J connectivity index is 1.30. The average Bonchev–Trinajstić information content (AvgIpc) is 3.21. The monoisotopic (exact) mass is 453 g/mol. The number of nitrogens with zero attached hydrogens (tertiary/aromatic N) is 3. The van der Waals surface area contributed by atoms with E-state index < -0.39 is 0 Å². The molecule has 0 bridgehead atoms. The molecular formula is C24H24ClN3O2S. The number of carbonyl (C=O) groups is 1. The highest BCUT2D eigenvalue weighted by Crippen LogP contribution is 2.21. The Hall–Kier alpha value is -2.83. The minimum absolute atomic E-state index is 0.0232. The highest BCUT2D eigenvalue weighted by atomic mass is 35.5. The Bertz CT molecular complexity index is 1070. The first-order valence-electron chi connectivity index (χ1n) is 10.2. The molecule has 2 aromatic carbocycles. The third kappa shape index (κ3) is 5.87. The molecule has 0 aliphatic carbocycles. The van der Waals surface area contributed by atoms with Crippen molar-refractivity contribution in [3.63, 3.8) is 0 Å². The lowest BCUT2D eigenvalue weighted by Gasteiger charge is -2.35. The Morgan fingerprint density at radius 1 is 1.16 bits per heavy atom. The Morgan fingerprint density at radius 2 is 1.97 bits per heavy atom. The number of carbonyl (C=O) groups excluding carboxylic acids is 1. The van der Waals surface area contributed by atoms with Gasteiger partial charge in [0.1, 0.15) is 12.4 Å². The Kier molecular flexibility index (Phi) is 6.89. The lowest BCUT2D eigenvalue weighted by molar-refractivity contribution is -0.126. The van der Waals surface area contributed by atoms with Gasteiger partial charge in [-0.3, -0.25) is 4.79 Å². The van der Waals surface area contributed by atoms with Gasteiger partial charge in [0.05, 0.1) is 10.7 Å². The molecule has 0 spiro atoms. The van der Waals surface area contributed by atoms with Crippen LogP contribution in [0.4, 0.5) is 5.69 Å². The first-order chi connectivity index (χ1) is 15.1. The lowest BCUT2D eigenvalue weighted by atomic mass is 10.2. The second-order valence-corrected chi connectivity index (χ2v) is 8.84. The molecule has 1 aromatic heterocycles. The van der Waals surface area contributed by atoms with Crippen molar-refractivity contribution in [2.75, 3.05) is 31.1 Å². The van der Waals surface area contributed by atoms with Gasteiger partial charge < -0.3 is 14.5 Å². The van der Waals surface area contributed by atoms with Gasteiger partial charge in [-0.1, -0.05) is 29.8 Å². The van der Waals surface area contributed by atoms with Crippen molar-refractivity contribution < 1.29 is 9.53 Å². The van der Waals surface area contributed by atoms with Crippen LogP contribution >= 0.6 is 22.9 Å². The highest BCUT2D eigenvalue weighted by Gasteiger charge is 2.19. The second-order valence-electron chi connectivity index (χ2n) is 7.34. The summed E-state index contributed by atoms with van der Waals surface area (Å²) in [6.45, 7) is 5.37. The maximum absolute atomic E-state index is 12.6. The van der Waals surface area contributed by atoms with Crippen molar-refractivity contribution in [2.24, 2.45) is 0 Å². The number of benzene rings is 2. The van der Waals surface area contributed by atoms with Crippen molar-refractivity contribution in [3.05, 3.63) is 81.3 Å². The zero-order chi connectivity index (χ0) is 21.6. The van der Waals surface area contributed by atoms with Crippen LogP contribution in [0.25, 0.3) is 6.08 Å². The van der Waals surface area contributed by atoms with Crippen LogP contribution in [-0.2, 0) is 11.4 Å². The van der Waals surface area contributed by atoms with Crippen LogP contribution in [0.15, 0.2) is 60.0 Å². The highest BCUT2D eigenvalue weighted by molar-refractivity contribution is 7.09. The maximum atomic E-state index is 12.6. The summed E-state index contributed by atoms with van der Waals surface area (Å²) in [4.78, 5) is 21.2. The van der Waals surface area contributed by atoms with Gasteiger partial charge in [-0.15, -0.1) is 11.3 Å². The molecule has 2 heterocycles. The number of hydrogen-bond donors (Lipinski definition) is 0. The van der Waals surface area contributed by atoms with Crippen LogP contribution in [-0.4, -0.2) is 42.0 Å². The van der Waals surface area contributed by atoms with Gasteiger partial charge >= 0.3 is 0 Å². The van der Waals surface area contributed by atoms with Crippen molar-refractivity contribution >= 4 is 40.6 Å². The van der Waals surface area contributed by atoms with Gasteiger partial charge in [0.25, 0.3) is 0 Å². The molecule has 31 heavy (non-hydrogen) atoms. The number of aromatic nitrogens is 1. The fraction of sp³-hybridized carbons (Fsp3) is 0.250. The molecule has 160 valence electrons. The lowest BCUT2D eigenvalue weighted by Crippen LogP contribution is -2.48. The number of amides is 1. The van der Waals surface area contributed by atoms with Gasteiger partial charge in [0.2, 0.25) is 5.91 Å².